The van der Waals surface area contributed by atoms with Crippen molar-refractivity contribution in [3.63, 3.8) is 0 Å². The minimum atomic E-state index is -4.34. The maximum atomic E-state index is 12.5. The summed E-state index contributed by atoms with van der Waals surface area (Å²) in [6, 6.07) is 10.1. The van der Waals surface area contributed by atoms with Crippen LogP contribution in [0.5, 0.6) is 0 Å². The molecule has 0 aliphatic rings. The fourth-order valence-corrected chi connectivity index (χ4v) is 2.16. The number of rotatable bonds is 1. The number of alkyl halides is 3. The van der Waals surface area contributed by atoms with E-state index in [0.29, 0.717) is 10.7 Å². The molecule has 6 heteroatoms. The van der Waals surface area contributed by atoms with Gasteiger partial charge in [0.2, 0.25) is 0 Å². The molecular weight excluding hydrogens is 289 g/mol. The molecule has 0 amide bonds. The zero-order valence-corrected chi connectivity index (χ0v) is 10.8. The Morgan fingerprint density at radius 3 is 2.35 bits per heavy atom. The smallest absolute Gasteiger partial charge is 0.233 e. The van der Waals surface area contributed by atoms with Gasteiger partial charge in [-0.1, -0.05) is 11.6 Å². The van der Waals surface area contributed by atoms with Crippen LogP contribution in [0.15, 0.2) is 48.7 Å². The number of halogens is 4. The summed E-state index contributed by atoms with van der Waals surface area (Å²) in [6.07, 6.45) is -2.70. The van der Waals surface area contributed by atoms with Crippen molar-refractivity contribution in [3.05, 3.63) is 59.2 Å². The van der Waals surface area contributed by atoms with Gasteiger partial charge in [0.05, 0.1) is 23.0 Å². The summed E-state index contributed by atoms with van der Waals surface area (Å²) in [5.74, 6) is 0. The third kappa shape index (κ3) is 2.25. The first-order valence-corrected chi connectivity index (χ1v) is 6.14. The number of benzene rings is 2. The molecular formula is C14H8ClF3N2. The highest BCUT2D eigenvalue weighted by Gasteiger charge is 2.30. The van der Waals surface area contributed by atoms with Gasteiger partial charge in [-0.2, -0.15) is 18.3 Å². The first kappa shape index (κ1) is 13.0. The molecule has 20 heavy (non-hydrogen) atoms. The van der Waals surface area contributed by atoms with Gasteiger partial charge in [0, 0.05) is 10.4 Å². The number of hydrogen-bond acceptors (Lipinski definition) is 1. The summed E-state index contributed by atoms with van der Waals surface area (Å²) < 4.78 is 39.1. The van der Waals surface area contributed by atoms with Crippen molar-refractivity contribution in [1.29, 1.82) is 0 Å². The molecule has 0 aliphatic carbocycles. The van der Waals surface area contributed by atoms with Gasteiger partial charge < -0.3 is 0 Å². The van der Waals surface area contributed by atoms with E-state index in [1.165, 1.54) is 12.1 Å². The van der Waals surface area contributed by atoms with E-state index in [1.54, 1.807) is 23.0 Å². The molecule has 1 aromatic heterocycles. The third-order valence-electron chi connectivity index (χ3n) is 2.97. The van der Waals surface area contributed by atoms with Crippen molar-refractivity contribution in [1.82, 2.24) is 9.78 Å². The first-order chi connectivity index (χ1) is 9.45. The lowest BCUT2D eigenvalue weighted by molar-refractivity contribution is -0.137. The molecule has 2 aromatic carbocycles. The van der Waals surface area contributed by atoms with Crippen LogP contribution in [0.25, 0.3) is 16.6 Å². The Bertz CT molecular complexity index is 760. The van der Waals surface area contributed by atoms with Crippen LogP contribution in [0.1, 0.15) is 5.56 Å². The van der Waals surface area contributed by atoms with Gasteiger partial charge in [-0.3, -0.25) is 0 Å². The van der Waals surface area contributed by atoms with Crippen molar-refractivity contribution >= 4 is 22.5 Å². The van der Waals surface area contributed by atoms with Crippen LogP contribution in [0.3, 0.4) is 0 Å². The van der Waals surface area contributed by atoms with Crippen molar-refractivity contribution in [2.45, 2.75) is 6.18 Å². The predicted octanol–water partition coefficient (Wildman–Crippen LogP) is 4.70. The van der Waals surface area contributed by atoms with E-state index in [1.807, 2.05) is 6.07 Å². The largest absolute Gasteiger partial charge is 0.416 e. The van der Waals surface area contributed by atoms with Crippen LogP contribution < -0.4 is 0 Å². The first-order valence-electron chi connectivity index (χ1n) is 5.76. The quantitative estimate of drug-likeness (QED) is 0.636. The third-order valence-corrected chi connectivity index (χ3v) is 3.21. The number of nitrogens with zero attached hydrogens (tertiary/aromatic N) is 2. The number of fused-ring (bicyclic) bond motifs is 1. The van der Waals surface area contributed by atoms with E-state index in [9.17, 15) is 13.2 Å². The van der Waals surface area contributed by atoms with Crippen molar-refractivity contribution < 1.29 is 13.2 Å². The lowest BCUT2D eigenvalue weighted by Gasteiger charge is -2.08. The molecule has 0 radical (unpaired) electrons. The highest BCUT2D eigenvalue weighted by Crippen LogP contribution is 2.30. The topological polar surface area (TPSA) is 17.8 Å². The lowest BCUT2D eigenvalue weighted by atomic mass is 10.2. The second kappa shape index (κ2) is 4.52. The fourth-order valence-electron chi connectivity index (χ4n) is 1.99. The van der Waals surface area contributed by atoms with Gasteiger partial charge in [0.15, 0.2) is 0 Å². The molecule has 3 aromatic rings. The summed E-state index contributed by atoms with van der Waals surface area (Å²) in [6.45, 7) is 0. The molecule has 0 N–H and O–H groups in total. The second-order valence-corrected chi connectivity index (χ2v) is 4.74. The average Bonchev–Trinajstić information content (AvgIpc) is 2.81. The molecule has 1 heterocycles. The second-order valence-electron chi connectivity index (χ2n) is 4.30. The molecule has 0 saturated heterocycles. The fraction of sp³-hybridized carbons (Fsp3) is 0.0714. The highest BCUT2D eigenvalue weighted by atomic mass is 35.5. The minimum Gasteiger partial charge on any atom is -0.233 e. The van der Waals surface area contributed by atoms with E-state index in [2.05, 4.69) is 5.10 Å². The lowest BCUT2D eigenvalue weighted by Crippen LogP contribution is -2.05. The molecule has 3 rings (SSSR count). The Balaban J connectivity index is 2.09. The van der Waals surface area contributed by atoms with Crippen LogP contribution >= 0.6 is 11.6 Å². The summed E-state index contributed by atoms with van der Waals surface area (Å²) in [4.78, 5) is 0. The molecule has 0 aliphatic heterocycles. The number of hydrogen-bond donors (Lipinski definition) is 0. The van der Waals surface area contributed by atoms with Gasteiger partial charge in [0.1, 0.15) is 0 Å². The van der Waals surface area contributed by atoms with Crippen LogP contribution in [-0.4, -0.2) is 9.78 Å². The monoisotopic (exact) mass is 296 g/mol. The molecule has 0 fully saturated rings. The molecule has 0 saturated carbocycles. The SMILES string of the molecule is FC(F)(F)c1ccc(-n2ncc3ccc(Cl)cc32)cc1. The van der Waals surface area contributed by atoms with Crippen LogP contribution in [0, 0.1) is 0 Å². The van der Waals surface area contributed by atoms with Crippen molar-refractivity contribution in [2.24, 2.45) is 0 Å². The molecule has 0 bridgehead atoms. The Hall–Kier alpha value is -2.01. The predicted molar refractivity (Wildman–Crippen MR) is 71.1 cm³/mol. The Morgan fingerprint density at radius 1 is 1.00 bits per heavy atom. The molecule has 0 unspecified atom stereocenters. The Kier molecular flexibility index (Phi) is 2.94. The van der Waals surface area contributed by atoms with Gasteiger partial charge >= 0.3 is 6.18 Å². The number of aromatic nitrogens is 2. The van der Waals surface area contributed by atoms with E-state index < -0.39 is 11.7 Å². The highest BCUT2D eigenvalue weighted by molar-refractivity contribution is 6.31. The van der Waals surface area contributed by atoms with Crippen LogP contribution in [0.2, 0.25) is 5.02 Å². The van der Waals surface area contributed by atoms with Gasteiger partial charge in [0.25, 0.3) is 0 Å². The minimum absolute atomic E-state index is 0.547. The van der Waals surface area contributed by atoms with Gasteiger partial charge in [-0.25, -0.2) is 4.68 Å². The summed E-state index contributed by atoms with van der Waals surface area (Å²) in [7, 11) is 0. The normalized spacial score (nSPS) is 12.0. The molecule has 102 valence electrons. The summed E-state index contributed by atoms with van der Waals surface area (Å²) in [5.41, 5.74) is 0.614. The maximum Gasteiger partial charge on any atom is 0.416 e. The zero-order valence-electron chi connectivity index (χ0n) is 10.0. The van der Waals surface area contributed by atoms with Gasteiger partial charge in [-0.15, -0.1) is 0 Å². The molecule has 2 nitrogen and oxygen atoms in total. The van der Waals surface area contributed by atoms with Crippen molar-refractivity contribution in [3.8, 4) is 5.69 Å². The summed E-state index contributed by atoms with van der Waals surface area (Å²) in [5, 5.41) is 5.59. The standard InChI is InChI=1S/C14H8ClF3N2/c15-11-4-1-9-8-19-20(13(9)7-11)12-5-2-10(3-6-12)14(16,17)18/h1-8H. The summed E-state index contributed by atoms with van der Waals surface area (Å²) >= 11 is 5.93. The van der Waals surface area contributed by atoms with E-state index >= 15 is 0 Å². The average molecular weight is 297 g/mol. The van der Waals surface area contributed by atoms with Crippen molar-refractivity contribution in [2.75, 3.05) is 0 Å². The van der Waals surface area contributed by atoms with E-state index in [0.717, 1.165) is 23.0 Å². The van der Waals surface area contributed by atoms with E-state index in [4.69, 9.17) is 11.6 Å². The van der Waals surface area contributed by atoms with Gasteiger partial charge in [-0.05, 0) is 42.5 Å². The molecule has 0 spiro atoms. The van der Waals surface area contributed by atoms with E-state index in [-0.39, 0.29) is 0 Å². The molecule has 0 atom stereocenters. The maximum absolute atomic E-state index is 12.5. The zero-order chi connectivity index (χ0) is 14.3. The Labute approximate surface area is 117 Å². The van der Waals surface area contributed by atoms with Crippen LogP contribution in [0.4, 0.5) is 13.2 Å². The Morgan fingerprint density at radius 2 is 1.70 bits per heavy atom. The van der Waals surface area contributed by atoms with Crippen LogP contribution in [-0.2, 0) is 6.18 Å².